The summed E-state index contributed by atoms with van der Waals surface area (Å²) < 4.78 is 0. The zero-order valence-corrected chi connectivity index (χ0v) is 14.7. The highest BCUT2D eigenvalue weighted by atomic mass is 35.5. The van der Waals surface area contributed by atoms with Crippen molar-refractivity contribution < 1.29 is 4.79 Å². The van der Waals surface area contributed by atoms with Gasteiger partial charge in [-0.05, 0) is 30.7 Å². The average Bonchev–Trinajstić information content (AvgIpc) is 2.61. The number of carbonyl (C=O) groups is 1. The van der Waals surface area contributed by atoms with Gasteiger partial charge in [0, 0.05) is 31.1 Å². The molecular formula is C20H23ClN2O. The number of benzene rings is 2. The van der Waals surface area contributed by atoms with Crippen molar-refractivity contribution in [3.63, 3.8) is 0 Å². The third-order valence-corrected chi connectivity index (χ3v) is 5.02. The largest absolute Gasteiger partial charge is 0.333 e. The first-order valence-corrected chi connectivity index (χ1v) is 8.79. The third kappa shape index (κ3) is 3.97. The summed E-state index contributed by atoms with van der Waals surface area (Å²) in [5.41, 5.74) is 2.24. The molecule has 1 aliphatic rings. The first kappa shape index (κ1) is 17.0. The number of piperazine rings is 1. The van der Waals surface area contributed by atoms with E-state index >= 15 is 0 Å². The number of rotatable bonds is 4. The van der Waals surface area contributed by atoms with Crippen molar-refractivity contribution >= 4 is 17.5 Å². The zero-order chi connectivity index (χ0) is 16.9. The Morgan fingerprint density at radius 1 is 1.08 bits per heavy atom. The number of likely N-dealkylation sites (N-methyl/N-ethyl adjacent to an activating group) is 1. The van der Waals surface area contributed by atoms with Crippen LogP contribution in [-0.2, 0) is 11.2 Å². The molecule has 1 aliphatic heterocycles. The van der Waals surface area contributed by atoms with Crippen molar-refractivity contribution in [1.29, 1.82) is 0 Å². The normalized spacial score (nSPS) is 18.6. The molecule has 1 unspecified atom stereocenters. The summed E-state index contributed by atoms with van der Waals surface area (Å²) in [7, 11) is 2.11. The Kier molecular flexibility index (Phi) is 5.54. The lowest BCUT2D eigenvalue weighted by Crippen LogP contribution is -2.49. The van der Waals surface area contributed by atoms with E-state index in [1.165, 1.54) is 5.56 Å². The average molecular weight is 343 g/mol. The fraction of sp³-hybridized carbons (Fsp3) is 0.350. The standard InChI is InChI=1S/C20H23ClN2O/c1-22-13-14-23(19(15-22)17-8-3-2-4-9-17)20(24)12-11-16-7-5-6-10-18(16)21/h2-10,19H,11-15H2,1H3. The Hall–Kier alpha value is -1.84. The van der Waals surface area contributed by atoms with E-state index in [0.29, 0.717) is 12.8 Å². The molecule has 1 atom stereocenters. The van der Waals surface area contributed by atoms with Gasteiger partial charge in [0.1, 0.15) is 0 Å². The van der Waals surface area contributed by atoms with Gasteiger partial charge in [-0.2, -0.15) is 0 Å². The van der Waals surface area contributed by atoms with Gasteiger partial charge in [-0.25, -0.2) is 0 Å². The van der Waals surface area contributed by atoms with Crippen LogP contribution in [0.2, 0.25) is 5.02 Å². The quantitative estimate of drug-likeness (QED) is 0.844. The van der Waals surface area contributed by atoms with Gasteiger partial charge in [0.2, 0.25) is 5.91 Å². The summed E-state index contributed by atoms with van der Waals surface area (Å²) in [4.78, 5) is 17.2. The lowest BCUT2D eigenvalue weighted by atomic mass is 10.0. The molecule has 0 N–H and O–H groups in total. The molecule has 0 spiro atoms. The summed E-state index contributed by atoms with van der Waals surface area (Å²) in [5.74, 6) is 0.205. The van der Waals surface area contributed by atoms with E-state index in [0.717, 1.165) is 30.2 Å². The molecule has 2 aromatic carbocycles. The molecule has 1 saturated heterocycles. The summed E-state index contributed by atoms with van der Waals surface area (Å²) in [5, 5.41) is 0.739. The van der Waals surface area contributed by atoms with Gasteiger partial charge in [-0.15, -0.1) is 0 Å². The summed E-state index contributed by atoms with van der Waals surface area (Å²) in [6.07, 6.45) is 1.18. The molecule has 3 rings (SSSR count). The molecule has 4 heteroatoms. The molecule has 0 aliphatic carbocycles. The molecule has 1 heterocycles. The number of carbonyl (C=O) groups excluding carboxylic acids is 1. The van der Waals surface area contributed by atoms with Crippen molar-refractivity contribution in [3.05, 3.63) is 70.7 Å². The monoisotopic (exact) mass is 342 g/mol. The van der Waals surface area contributed by atoms with E-state index in [1.807, 2.05) is 47.4 Å². The van der Waals surface area contributed by atoms with Gasteiger partial charge >= 0.3 is 0 Å². The number of aryl methyl sites for hydroxylation is 1. The molecule has 0 radical (unpaired) electrons. The van der Waals surface area contributed by atoms with Crippen molar-refractivity contribution in [2.24, 2.45) is 0 Å². The Balaban J connectivity index is 1.71. The first-order valence-electron chi connectivity index (χ1n) is 8.41. The highest BCUT2D eigenvalue weighted by Gasteiger charge is 2.29. The Morgan fingerprint density at radius 3 is 2.54 bits per heavy atom. The van der Waals surface area contributed by atoms with Gasteiger partial charge < -0.3 is 9.80 Å². The van der Waals surface area contributed by atoms with Crippen LogP contribution in [0.1, 0.15) is 23.6 Å². The first-order chi connectivity index (χ1) is 11.6. The number of nitrogens with zero attached hydrogens (tertiary/aromatic N) is 2. The van der Waals surface area contributed by atoms with Gasteiger partial charge in [0.25, 0.3) is 0 Å². The van der Waals surface area contributed by atoms with E-state index in [2.05, 4.69) is 24.1 Å². The molecule has 0 bridgehead atoms. The van der Waals surface area contributed by atoms with Gasteiger partial charge in [-0.1, -0.05) is 60.1 Å². The molecular weight excluding hydrogens is 320 g/mol. The molecule has 24 heavy (non-hydrogen) atoms. The molecule has 126 valence electrons. The lowest BCUT2D eigenvalue weighted by molar-refractivity contribution is -0.136. The highest BCUT2D eigenvalue weighted by Crippen LogP contribution is 2.26. The van der Waals surface area contributed by atoms with Gasteiger partial charge in [0.15, 0.2) is 0 Å². The lowest BCUT2D eigenvalue weighted by Gasteiger charge is -2.40. The minimum absolute atomic E-state index is 0.128. The van der Waals surface area contributed by atoms with Crippen LogP contribution in [0.25, 0.3) is 0 Å². The maximum Gasteiger partial charge on any atom is 0.223 e. The summed E-state index contributed by atoms with van der Waals surface area (Å²) >= 11 is 6.21. The van der Waals surface area contributed by atoms with Crippen LogP contribution in [0.4, 0.5) is 0 Å². The van der Waals surface area contributed by atoms with Crippen molar-refractivity contribution in [1.82, 2.24) is 9.80 Å². The van der Waals surface area contributed by atoms with Crippen molar-refractivity contribution in [2.75, 3.05) is 26.7 Å². The summed E-state index contributed by atoms with van der Waals surface area (Å²) in [6, 6.07) is 18.2. The maximum absolute atomic E-state index is 12.8. The fourth-order valence-corrected chi connectivity index (χ4v) is 3.49. The number of amides is 1. The Labute approximate surface area is 148 Å². The third-order valence-electron chi connectivity index (χ3n) is 4.65. The predicted molar refractivity (Wildman–Crippen MR) is 98.2 cm³/mol. The molecule has 0 aromatic heterocycles. The molecule has 3 nitrogen and oxygen atoms in total. The van der Waals surface area contributed by atoms with Gasteiger partial charge in [-0.3, -0.25) is 4.79 Å². The van der Waals surface area contributed by atoms with E-state index < -0.39 is 0 Å². The van der Waals surface area contributed by atoms with E-state index in [9.17, 15) is 4.79 Å². The molecule has 1 fully saturated rings. The van der Waals surface area contributed by atoms with Crippen LogP contribution in [0.5, 0.6) is 0 Å². The van der Waals surface area contributed by atoms with Crippen molar-refractivity contribution in [3.8, 4) is 0 Å². The smallest absolute Gasteiger partial charge is 0.223 e. The second kappa shape index (κ2) is 7.82. The molecule has 1 amide bonds. The van der Waals surface area contributed by atoms with Crippen LogP contribution in [0.15, 0.2) is 54.6 Å². The molecule has 2 aromatic rings. The van der Waals surface area contributed by atoms with Crippen LogP contribution in [0, 0.1) is 0 Å². The minimum atomic E-state index is 0.128. The SMILES string of the molecule is CN1CCN(C(=O)CCc2ccccc2Cl)C(c2ccccc2)C1. The number of hydrogen-bond donors (Lipinski definition) is 0. The second-order valence-corrected chi connectivity index (χ2v) is 6.77. The number of halogens is 1. The predicted octanol–water partition coefficient (Wildman–Crippen LogP) is 3.79. The van der Waals surface area contributed by atoms with Crippen molar-refractivity contribution in [2.45, 2.75) is 18.9 Å². The Bertz CT molecular complexity index is 689. The van der Waals surface area contributed by atoms with Crippen LogP contribution < -0.4 is 0 Å². The van der Waals surface area contributed by atoms with E-state index in [1.54, 1.807) is 0 Å². The van der Waals surface area contributed by atoms with Crippen LogP contribution >= 0.6 is 11.6 Å². The Morgan fingerprint density at radius 2 is 1.79 bits per heavy atom. The van der Waals surface area contributed by atoms with E-state index in [4.69, 9.17) is 11.6 Å². The number of hydrogen-bond acceptors (Lipinski definition) is 2. The molecule has 0 saturated carbocycles. The maximum atomic E-state index is 12.8. The fourth-order valence-electron chi connectivity index (χ4n) is 3.26. The topological polar surface area (TPSA) is 23.6 Å². The second-order valence-electron chi connectivity index (χ2n) is 6.37. The van der Waals surface area contributed by atoms with Crippen LogP contribution in [-0.4, -0.2) is 42.4 Å². The minimum Gasteiger partial charge on any atom is -0.333 e. The zero-order valence-electron chi connectivity index (χ0n) is 14.0. The van der Waals surface area contributed by atoms with E-state index in [-0.39, 0.29) is 11.9 Å². The van der Waals surface area contributed by atoms with Gasteiger partial charge in [0.05, 0.1) is 6.04 Å². The summed E-state index contributed by atoms with van der Waals surface area (Å²) in [6.45, 7) is 2.57. The van der Waals surface area contributed by atoms with Crippen LogP contribution in [0.3, 0.4) is 0 Å². The highest BCUT2D eigenvalue weighted by molar-refractivity contribution is 6.31.